The summed E-state index contributed by atoms with van der Waals surface area (Å²) in [7, 11) is -3.42. The van der Waals surface area contributed by atoms with Crippen LogP contribution < -0.4 is 9.62 Å². The van der Waals surface area contributed by atoms with Gasteiger partial charge in [-0.2, -0.15) is 0 Å². The lowest BCUT2D eigenvalue weighted by Crippen LogP contribution is -2.33. The lowest BCUT2D eigenvalue weighted by Gasteiger charge is -2.24. The first kappa shape index (κ1) is 23.6. The Morgan fingerprint density at radius 1 is 1.14 bits per heavy atom. The molecule has 0 unspecified atom stereocenters. The van der Waals surface area contributed by atoms with Gasteiger partial charge in [-0.3, -0.25) is 9.10 Å². The molecule has 0 saturated carbocycles. The molecule has 0 atom stereocenters. The number of carbonyl (C=O) groups is 1. The van der Waals surface area contributed by atoms with E-state index in [1.165, 1.54) is 10.6 Å². The summed E-state index contributed by atoms with van der Waals surface area (Å²) in [5.41, 5.74) is 2.64. The first-order valence-corrected chi connectivity index (χ1v) is 12.6. The van der Waals surface area contributed by atoms with E-state index < -0.39 is 10.0 Å². The molecule has 158 valence electrons. The molecule has 1 amide bonds. The van der Waals surface area contributed by atoms with Crippen molar-refractivity contribution in [3.8, 4) is 0 Å². The molecular formula is C21H27ClN2O3S2. The Morgan fingerprint density at radius 3 is 2.48 bits per heavy atom. The first-order valence-electron chi connectivity index (χ1n) is 9.37. The van der Waals surface area contributed by atoms with E-state index in [4.69, 9.17) is 11.6 Å². The van der Waals surface area contributed by atoms with Gasteiger partial charge in [0, 0.05) is 35.2 Å². The minimum atomic E-state index is -3.42. The zero-order valence-corrected chi connectivity index (χ0v) is 19.3. The molecule has 2 aromatic carbocycles. The van der Waals surface area contributed by atoms with Gasteiger partial charge in [0.1, 0.15) is 0 Å². The molecule has 0 fully saturated rings. The smallest absolute Gasteiger partial charge is 0.232 e. The average Bonchev–Trinajstić information content (AvgIpc) is 2.65. The summed E-state index contributed by atoms with van der Waals surface area (Å²) in [6.07, 6.45) is 1.93. The molecule has 2 aromatic rings. The third-order valence-electron chi connectivity index (χ3n) is 4.52. The normalized spacial score (nSPS) is 11.3. The van der Waals surface area contributed by atoms with Gasteiger partial charge in [0.25, 0.3) is 0 Å². The van der Waals surface area contributed by atoms with E-state index in [0.29, 0.717) is 23.7 Å². The van der Waals surface area contributed by atoms with Crippen molar-refractivity contribution in [2.75, 3.05) is 29.4 Å². The molecule has 0 aliphatic heterocycles. The Hall–Kier alpha value is -1.70. The van der Waals surface area contributed by atoms with Crippen LogP contribution in [0, 0.1) is 13.8 Å². The van der Waals surface area contributed by atoms with Crippen LogP contribution in [0.25, 0.3) is 0 Å². The molecule has 1 N–H and O–H groups in total. The van der Waals surface area contributed by atoms with Gasteiger partial charge >= 0.3 is 0 Å². The van der Waals surface area contributed by atoms with E-state index in [-0.39, 0.29) is 18.9 Å². The van der Waals surface area contributed by atoms with Crippen LogP contribution in [0.5, 0.6) is 0 Å². The number of aryl methyl sites for hydroxylation is 1. The Morgan fingerprint density at radius 2 is 1.83 bits per heavy atom. The molecular weight excluding hydrogens is 428 g/mol. The number of nitrogens with zero attached hydrogens (tertiary/aromatic N) is 1. The van der Waals surface area contributed by atoms with Gasteiger partial charge in [0.2, 0.25) is 15.9 Å². The predicted octanol–water partition coefficient (Wildman–Crippen LogP) is 4.41. The van der Waals surface area contributed by atoms with Crippen molar-refractivity contribution in [1.82, 2.24) is 5.32 Å². The second-order valence-electron chi connectivity index (χ2n) is 6.81. The van der Waals surface area contributed by atoms with Crippen molar-refractivity contribution in [2.24, 2.45) is 0 Å². The number of amides is 1. The molecule has 0 aromatic heterocycles. The van der Waals surface area contributed by atoms with E-state index in [1.807, 2.05) is 50.2 Å². The van der Waals surface area contributed by atoms with Crippen LogP contribution in [-0.4, -0.2) is 39.4 Å². The molecule has 29 heavy (non-hydrogen) atoms. The largest absolute Gasteiger partial charge is 0.355 e. The lowest BCUT2D eigenvalue weighted by molar-refractivity contribution is -0.121. The number of benzene rings is 2. The summed E-state index contributed by atoms with van der Waals surface area (Å²) >= 11 is 7.50. The molecule has 0 saturated heterocycles. The average molecular weight is 455 g/mol. The summed E-state index contributed by atoms with van der Waals surface area (Å²) < 4.78 is 25.9. The predicted molar refractivity (Wildman–Crippen MR) is 123 cm³/mol. The molecule has 8 heteroatoms. The van der Waals surface area contributed by atoms with Gasteiger partial charge in [0.15, 0.2) is 0 Å². The quantitative estimate of drug-likeness (QED) is 0.426. The monoisotopic (exact) mass is 454 g/mol. The number of rotatable bonds is 10. The summed E-state index contributed by atoms with van der Waals surface area (Å²) in [6, 6.07) is 13.2. The Balaban J connectivity index is 1.79. The van der Waals surface area contributed by atoms with E-state index in [1.54, 1.807) is 17.8 Å². The minimum absolute atomic E-state index is 0.0730. The van der Waals surface area contributed by atoms with Gasteiger partial charge in [-0.05, 0) is 61.7 Å². The highest BCUT2D eigenvalue weighted by molar-refractivity contribution is 7.99. The highest BCUT2D eigenvalue weighted by atomic mass is 35.5. The van der Waals surface area contributed by atoms with Crippen LogP contribution in [0.3, 0.4) is 0 Å². The minimum Gasteiger partial charge on any atom is -0.355 e. The van der Waals surface area contributed by atoms with Crippen LogP contribution >= 0.6 is 23.4 Å². The molecule has 0 aliphatic rings. The maximum atomic E-state index is 12.3. The highest BCUT2D eigenvalue weighted by Crippen LogP contribution is 2.25. The fraction of sp³-hybridized carbons (Fsp3) is 0.381. The SMILES string of the molecule is Cc1cccc(N(CCCC(=O)NCCSc2ccc(Cl)cc2)S(C)(=O)=O)c1C. The summed E-state index contributed by atoms with van der Waals surface area (Å²) in [5.74, 6) is 0.682. The van der Waals surface area contributed by atoms with Crippen molar-refractivity contribution in [1.29, 1.82) is 0 Å². The summed E-state index contributed by atoms with van der Waals surface area (Å²) in [5, 5.41) is 3.58. The van der Waals surface area contributed by atoms with E-state index in [0.717, 1.165) is 21.8 Å². The van der Waals surface area contributed by atoms with Crippen LogP contribution in [-0.2, 0) is 14.8 Å². The number of thioether (sulfide) groups is 1. The van der Waals surface area contributed by atoms with Gasteiger partial charge in [-0.1, -0.05) is 23.7 Å². The number of hydrogen-bond donors (Lipinski definition) is 1. The van der Waals surface area contributed by atoms with E-state index in [9.17, 15) is 13.2 Å². The molecule has 5 nitrogen and oxygen atoms in total. The molecule has 0 radical (unpaired) electrons. The molecule has 0 heterocycles. The first-order chi connectivity index (χ1) is 13.7. The fourth-order valence-corrected chi connectivity index (χ4v) is 4.74. The zero-order chi connectivity index (χ0) is 21.4. The Kier molecular flexibility index (Phi) is 8.86. The molecule has 2 rings (SSSR count). The van der Waals surface area contributed by atoms with Crippen molar-refractivity contribution in [3.63, 3.8) is 0 Å². The number of nitrogens with one attached hydrogen (secondary N) is 1. The van der Waals surface area contributed by atoms with Crippen molar-refractivity contribution >= 4 is 45.0 Å². The number of anilines is 1. The summed E-state index contributed by atoms with van der Waals surface area (Å²) in [6.45, 7) is 4.69. The van der Waals surface area contributed by atoms with Gasteiger partial charge in [0.05, 0.1) is 11.9 Å². The maximum absolute atomic E-state index is 12.3. The highest BCUT2D eigenvalue weighted by Gasteiger charge is 2.19. The van der Waals surface area contributed by atoms with E-state index >= 15 is 0 Å². The maximum Gasteiger partial charge on any atom is 0.232 e. The topological polar surface area (TPSA) is 66.5 Å². The van der Waals surface area contributed by atoms with Crippen LogP contribution in [0.1, 0.15) is 24.0 Å². The van der Waals surface area contributed by atoms with Crippen LogP contribution in [0.2, 0.25) is 5.02 Å². The second-order valence-corrected chi connectivity index (χ2v) is 10.3. The van der Waals surface area contributed by atoms with Gasteiger partial charge in [-0.15, -0.1) is 11.8 Å². The number of halogens is 1. The standard InChI is InChI=1S/C21H27ClN2O3S2/c1-16-6-4-7-20(17(16)2)24(29(3,26)27)14-5-8-21(25)23-13-15-28-19-11-9-18(22)10-12-19/h4,6-7,9-12H,5,8,13-15H2,1-3H3,(H,23,25). The Labute approximate surface area is 182 Å². The zero-order valence-electron chi connectivity index (χ0n) is 16.9. The van der Waals surface area contributed by atoms with Crippen molar-refractivity contribution in [2.45, 2.75) is 31.6 Å². The Bertz CT molecular complexity index is 931. The van der Waals surface area contributed by atoms with Crippen molar-refractivity contribution in [3.05, 3.63) is 58.6 Å². The third kappa shape index (κ3) is 7.57. The van der Waals surface area contributed by atoms with Crippen LogP contribution in [0.15, 0.2) is 47.4 Å². The van der Waals surface area contributed by atoms with E-state index in [2.05, 4.69) is 5.32 Å². The lowest BCUT2D eigenvalue weighted by atomic mass is 10.1. The van der Waals surface area contributed by atoms with Crippen LogP contribution in [0.4, 0.5) is 5.69 Å². The third-order valence-corrected chi connectivity index (χ3v) is 6.96. The van der Waals surface area contributed by atoms with Gasteiger partial charge in [-0.25, -0.2) is 8.42 Å². The number of sulfonamides is 1. The fourth-order valence-electron chi connectivity index (χ4n) is 2.83. The van der Waals surface area contributed by atoms with Gasteiger partial charge < -0.3 is 5.32 Å². The number of carbonyl (C=O) groups excluding carboxylic acids is 1. The summed E-state index contributed by atoms with van der Waals surface area (Å²) in [4.78, 5) is 13.2. The molecule has 0 bridgehead atoms. The van der Waals surface area contributed by atoms with Crippen molar-refractivity contribution < 1.29 is 13.2 Å². The molecule has 0 spiro atoms. The number of hydrogen-bond acceptors (Lipinski definition) is 4. The molecule has 0 aliphatic carbocycles. The second kappa shape index (κ2) is 10.9.